The largest absolute Gasteiger partial charge is 0.323 e. The quantitative estimate of drug-likeness (QED) is 0.220. The van der Waals surface area contributed by atoms with E-state index in [0.717, 1.165) is 56.0 Å². The molecule has 0 amide bonds. The highest BCUT2D eigenvalue weighted by molar-refractivity contribution is 6.29. The van der Waals surface area contributed by atoms with Gasteiger partial charge in [0.05, 0.1) is 40.7 Å². The number of hydrogen-bond donors (Lipinski definition) is 1. The average Bonchev–Trinajstić information content (AvgIpc) is 3.64. The van der Waals surface area contributed by atoms with Gasteiger partial charge in [-0.25, -0.2) is 9.97 Å². The summed E-state index contributed by atoms with van der Waals surface area (Å²) in [6.45, 7) is 0. The molecule has 1 aliphatic rings. The van der Waals surface area contributed by atoms with Gasteiger partial charge >= 0.3 is 0 Å². The topological polar surface area (TPSA) is 125 Å². The van der Waals surface area contributed by atoms with Crippen molar-refractivity contribution in [1.82, 2.24) is 49.7 Å². The van der Waals surface area contributed by atoms with E-state index in [0.29, 0.717) is 11.1 Å². The lowest BCUT2D eigenvalue weighted by atomic mass is 9.81. The molecule has 0 aromatic carbocycles. The minimum absolute atomic E-state index is 0.475. The van der Waals surface area contributed by atoms with E-state index < -0.39 is 0 Å². The lowest BCUT2D eigenvalue weighted by Gasteiger charge is -2.25. The summed E-state index contributed by atoms with van der Waals surface area (Å²) in [5.74, 6) is 2.08. The van der Waals surface area contributed by atoms with Crippen LogP contribution < -0.4 is 5.32 Å². The van der Waals surface area contributed by atoms with Gasteiger partial charge in [0.15, 0.2) is 5.82 Å². The van der Waals surface area contributed by atoms with Crippen LogP contribution in [0.1, 0.15) is 30.7 Å². The van der Waals surface area contributed by atoms with Gasteiger partial charge in [0, 0.05) is 61.1 Å². The van der Waals surface area contributed by atoms with Crippen LogP contribution in [0.25, 0.3) is 44.3 Å². The predicted octanol–water partition coefficient (Wildman–Crippen LogP) is 6.52. The Hall–Kier alpha value is -5.29. The Morgan fingerprint density at radius 1 is 0.682 bits per heavy atom. The first-order chi connectivity index (χ1) is 21.5. The summed E-state index contributed by atoms with van der Waals surface area (Å²) in [7, 11) is 3.78. The second kappa shape index (κ2) is 11.8. The molecule has 11 nitrogen and oxygen atoms in total. The van der Waals surface area contributed by atoms with Gasteiger partial charge in [0.2, 0.25) is 0 Å². The summed E-state index contributed by atoms with van der Waals surface area (Å²) >= 11 is 5.87. The zero-order chi connectivity index (χ0) is 30.0. The molecule has 12 heteroatoms. The Labute approximate surface area is 258 Å². The summed E-state index contributed by atoms with van der Waals surface area (Å²) in [5, 5.41) is 20.4. The Bertz CT molecular complexity index is 2100. The number of aromatic nitrogens is 10. The lowest BCUT2D eigenvalue weighted by molar-refractivity contribution is 0.418. The number of aryl methyl sites for hydroxylation is 2. The van der Waals surface area contributed by atoms with Crippen LogP contribution in [0.4, 0.5) is 11.6 Å². The third kappa shape index (κ3) is 5.95. The zero-order valence-electron chi connectivity index (χ0n) is 24.1. The molecule has 0 spiro atoms. The van der Waals surface area contributed by atoms with Crippen LogP contribution in [-0.2, 0) is 14.1 Å². The molecule has 7 heterocycles. The van der Waals surface area contributed by atoms with Crippen LogP contribution in [0, 0.1) is 0 Å². The molecule has 1 fully saturated rings. The van der Waals surface area contributed by atoms with Gasteiger partial charge in [0.25, 0.3) is 0 Å². The number of fused-ring (bicyclic) bond motifs is 2. The molecule has 0 aliphatic heterocycles. The standard InChI is InChI=1S/C20H19N7.C12H9ClN4/c1-27-12-16(11-23-27)14-7-18-17(21-9-14)5-6-19(24-18)25-20-8-15(10-22-26-20)13-3-2-4-13;1-17-7-9(6-15-17)8-4-11-10(14-5-8)2-3-12(13)16-11/h5-13H,2-4H2,1H3,(H,24,25,26);2-7H,1H3. The van der Waals surface area contributed by atoms with Gasteiger partial charge < -0.3 is 5.32 Å². The molecule has 8 rings (SSSR count). The third-order valence-electron chi connectivity index (χ3n) is 7.63. The van der Waals surface area contributed by atoms with Gasteiger partial charge in [-0.15, -0.1) is 5.10 Å². The van der Waals surface area contributed by atoms with Crippen LogP contribution in [0.2, 0.25) is 5.15 Å². The molecule has 7 aromatic heterocycles. The molecule has 0 unspecified atom stereocenters. The number of pyridine rings is 4. The molecule has 0 atom stereocenters. The highest BCUT2D eigenvalue weighted by Gasteiger charge is 2.20. The maximum Gasteiger partial charge on any atom is 0.154 e. The number of anilines is 2. The molecule has 44 heavy (non-hydrogen) atoms. The SMILES string of the molecule is Cn1cc(-c2cnc3ccc(Cl)nc3c2)cn1.Cn1cc(-c2cnc3ccc(Nc4cc(C5CCC5)cnn4)nc3c2)cn1. The van der Waals surface area contributed by atoms with Gasteiger partial charge in [-0.3, -0.25) is 19.3 Å². The van der Waals surface area contributed by atoms with Crippen molar-refractivity contribution in [1.29, 1.82) is 0 Å². The highest BCUT2D eigenvalue weighted by atomic mass is 35.5. The molecule has 1 saturated carbocycles. The molecule has 0 bridgehead atoms. The monoisotopic (exact) mass is 601 g/mol. The fourth-order valence-electron chi connectivity index (χ4n) is 5.05. The molecule has 218 valence electrons. The zero-order valence-corrected chi connectivity index (χ0v) is 24.9. The average molecular weight is 602 g/mol. The Morgan fingerprint density at radius 2 is 1.32 bits per heavy atom. The third-order valence-corrected chi connectivity index (χ3v) is 7.84. The molecule has 0 radical (unpaired) electrons. The van der Waals surface area contributed by atoms with E-state index in [9.17, 15) is 0 Å². The van der Waals surface area contributed by atoms with E-state index in [1.807, 2.05) is 81.6 Å². The van der Waals surface area contributed by atoms with Crippen molar-refractivity contribution in [3.05, 3.63) is 96.6 Å². The Morgan fingerprint density at radius 3 is 1.91 bits per heavy atom. The second-order valence-electron chi connectivity index (χ2n) is 10.8. The van der Waals surface area contributed by atoms with Crippen LogP contribution >= 0.6 is 11.6 Å². The summed E-state index contributed by atoms with van der Waals surface area (Å²) in [6.07, 6.45) is 16.8. The van der Waals surface area contributed by atoms with Crippen molar-refractivity contribution in [2.45, 2.75) is 25.2 Å². The molecule has 1 aliphatic carbocycles. The summed E-state index contributed by atoms with van der Waals surface area (Å²) in [4.78, 5) is 17.8. The molecule has 1 N–H and O–H groups in total. The first kappa shape index (κ1) is 27.5. The van der Waals surface area contributed by atoms with Gasteiger partial charge in [0.1, 0.15) is 11.0 Å². The molecular weight excluding hydrogens is 574 g/mol. The van der Waals surface area contributed by atoms with Gasteiger partial charge in [-0.1, -0.05) is 18.0 Å². The first-order valence-electron chi connectivity index (χ1n) is 14.2. The van der Waals surface area contributed by atoms with Crippen molar-refractivity contribution in [3.63, 3.8) is 0 Å². The maximum atomic E-state index is 5.87. The van der Waals surface area contributed by atoms with Crippen molar-refractivity contribution >= 4 is 45.3 Å². The molecule has 7 aromatic rings. The molecule has 0 saturated heterocycles. The number of halogens is 1. The normalized spacial score (nSPS) is 13.0. The Balaban J connectivity index is 0.000000158. The van der Waals surface area contributed by atoms with E-state index in [4.69, 9.17) is 16.6 Å². The fourth-order valence-corrected chi connectivity index (χ4v) is 5.21. The number of nitrogens with zero attached hydrogens (tertiary/aromatic N) is 10. The number of hydrogen-bond acceptors (Lipinski definition) is 9. The molecular formula is C32H28ClN11. The number of nitrogens with one attached hydrogen (secondary N) is 1. The fraction of sp³-hybridized carbons (Fsp3) is 0.188. The lowest BCUT2D eigenvalue weighted by Crippen LogP contribution is -2.10. The van der Waals surface area contributed by atoms with Crippen molar-refractivity contribution in [2.24, 2.45) is 14.1 Å². The van der Waals surface area contributed by atoms with Crippen molar-refractivity contribution < 1.29 is 0 Å². The van der Waals surface area contributed by atoms with Crippen LogP contribution in [-0.4, -0.2) is 49.7 Å². The maximum absolute atomic E-state index is 5.87. The summed E-state index contributed by atoms with van der Waals surface area (Å²) in [6, 6.07) is 13.5. The van der Waals surface area contributed by atoms with Gasteiger partial charge in [-0.2, -0.15) is 15.3 Å². The van der Waals surface area contributed by atoms with Crippen LogP contribution in [0.15, 0.2) is 85.8 Å². The smallest absolute Gasteiger partial charge is 0.154 e. The van der Waals surface area contributed by atoms with E-state index in [1.165, 1.54) is 24.8 Å². The van der Waals surface area contributed by atoms with Crippen LogP contribution in [0.5, 0.6) is 0 Å². The van der Waals surface area contributed by atoms with E-state index >= 15 is 0 Å². The summed E-state index contributed by atoms with van der Waals surface area (Å²) < 4.78 is 3.53. The van der Waals surface area contributed by atoms with Crippen LogP contribution in [0.3, 0.4) is 0 Å². The van der Waals surface area contributed by atoms with Crippen molar-refractivity contribution in [2.75, 3.05) is 5.32 Å². The Kier molecular flexibility index (Phi) is 7.37. The predicted molar refractivity (Wildman–Crippen MR) is 170 cm³/mol. The second-order valence-corrected chi connectivity index (χ2v) is 11.2. The summed E-state index contributed by atoms with van der Waals surface area (Å²) in [5.41, 5.74) is 8.56. The van der Waals surface area contributed by atoms with E-state index in [1.54, 1.807) is 21.6 Å². The van der Waals surface area contributed by atoms with E-state index in [2.05, 4.69) is 46.7 Å². The number of rotatable bonds is 5. The minimum Gasteiger partial charge on any atom is -0.323 e. The first-order valence-corrected chi connectivity index (χ1v) is 14.6. The minimum atomic E-state index is 0.475. The van der Waals surface area contributed by atoms with E-state index in [-0.39, 0.29) is 0 Å². The highest BCUT2D eigenvalue weighted by Crippen LogP contribution is 2.36. The van der Waals surface area contributed by atoms with Gasteiger partial charge in [-0.05, 0) is 66.8 Å². The van der Waals surface area contributed by atoms with Crippen molar-refractivity contribution in [3.8, 4) is 22.3 Å².